The van der Waals surface area contributed by atoms with Crippen molar-refractivity contribution in [1.29, 1.82) is 0 Å². The van der Waals surface area contributed by atoms with Gasteiger partial charge in [0.2, 0.25) is 10.0 Å². The number of carbonyl (C=O) groups is 1. The summed E-state index contributed by atoms with van der Waals surface area (Å²) in [5, 5.41) is 0. The number of carbonyl (C=O) groups excluding carboxylic acids is 1. The lowest BCUT2D eigenvalue weighted by Gasteiger charge is -2.10. The number of methoxy groups -OCH3 is 1. The van der Waals surface area contributed by atoms with E-state index in [0.717, 1.165) is 12.8 Å². The Bertz CT molecular complexity index is 346. The Morgan fingerprint density at radius 3 is 2.56 bits per heavy atom. The fourth-order valence-corrected chi connectivity index (χ4v) is 2.49. The van der Waals surface area contributed by atoms with Gasteiger partial charge < -0.3 is 4.74 Å². The molecule has 0 aliphatic heterocycles. The number of hydrogen-bond acceptors (Lipinski definition) is 4. The third-order valence-corrected chi connectivity index (χ3v) is 4.25. The van der Waals surface area contributed by atoms with Crippen LogP contribution in [-0.2, 0) is 19.6 Å². The van der Waals surface area contributed by atoms with E-state index in [9.17, 15) is 13.2 Å². The summed E-state index contributed by atoms with van der Waals surface area (Å²) in [7, 11) is -1.94. The third-order valence-electron chi connectivity index (χ3n) is 2.84. The van der Waals surface area contributed by atoms with Gasteiger partial charge in [-0.2, -0.15) is 0 Å². The van der Waals surface area contributed by atoms with Gasteiger partial charge in [-0.15, -0.1) is 0 Å². The van der Waals surface area contributed by atoms with Crippen LogP contribution < -0.4 is 4.72 Å². The Morgan fingerprint density at radius 1 is 1.44 bits per heavy atom. The molecule has 5 nitrogen and oxygen atoms in total. The predicted molar refractivity (Wildman–Crippen MR) is 60.4 cm³/mol. The highest BCUT2D eigenvalue weighted by Gasteiger charge is 2.37. The number of rotatable bonds is 7. The van der Waals surface area contributed by atoms with E-state index >= 15 is 0 Å². The van der Waals surface area contributed by atoms with Crippen LogP contribution in [0.4, 0.5) is 0 Å². The van der Waals surface area contributed by atoms with Crippen LogP contribution in [0.3, 0.4) is 0 Å². The van der Waals surface area contributed by atoms with Gasteiger partial charge in [0.25, 0.3) is 0 Å². The summed E-state index contributed by atoms with van der Waals surface area (Å²) in [5.41, 5.74) is 0.162. The Balaban J connectivity index is 2.20. The topological polar surface area (TPSA) is 72.5 Å². The maximum Gasteiger partial charge on any atom is 0.305 e. The maximum absolute atomic E-state index is 11.5. The molecule has 6 heteroatoms. The van der Waals surface area contributed by atoms with Crippen molar-refractivity contribution in [3.8, 4) is 0 Å². The number of sulfonamides is 1. The highest BCUT2D eigenvalue weighted by molar-refractivity contribution is 7.89. The lowest BCUT2D eigenvalue weighted by molar-refractivity contribution is -0.140. The van der Waals surface area contributed by atoms with Crippen molar-refractivity contribution in [3.63, 3.8) is 0 Å². The molecule has 94 valence electrons. The monoisotopic (exact) mass is 249 g/mol. The first kappa shape index (κ1) is 13.4. The van der Waals surface area contributed by atoms with Crippen LogP contribution in [0.5, 0.6) is 0 Å². The van der Waals surface area contributed by atoms with E-state index in [0.29, 0.717) is 13.0 Å². The largest absolute Gasteiger partial charge is 0.469 e. The van der Waals surface area contributed by atoms with E-state index in [1.807, 2.05) is 0 Å². The molecular formula is C10H19NO4S. The molecule has 0 bridgehead atoms. The molecule has 0 amide bonds. The minimum absolute atomic E-state index is 0.0157. The summed E-state index contributed by atoms with van der Waals surface area (Å²) in [6.07, 6.45) is 2.61. The molecular weight excluding hydrogens is 230 g/mol. The van der Waals surface area contributed by atoms with E-state index in [1.54, 1.807) is 0 Å². The van der Waals surface area contributed by atoms with Gasteiger partial charge in [-0.1, -0.05) is 6.92 Å². The molecule has 0 saturated heterocycles. The van der Waals surface area contributed by atoms with E-state index in [1.165, 1.54) is 7.11 Å². The van der Waals surface area contributed by atoms with Gasteiger partial charge in [-0.05, 0) is 24.7 Å². The summed E-state index contributed by atoms with van der Waals surface area (Å²) in [6.45, 7) is 2.57. The zero-order valence-corrected chi connectivity index (χ0v) is 10.6. The highest BCUT2D eigenvalue weighted by Crippen LogP contribution is 2.44. The van der Waals surface area contributed by atoms with Crippen LogP contribution in [0.25, 0.3) is 0 Å². The van der Waals surface area contributed by atoms with Crippen molar-refractivity contribution in [2.75, 3.05) is 19.4 Å². The Morgan fingerprint density at radius 2 is 2.06 bits per heavy atom. The first-order valence-electron chi connectivity index (χ1n) is 5.41. The van der Waals surface area contributed by atoms with Crippen LogP contribution in [0.1, 0.15) is 32.6 Å². The van der Waals surface area contributed by atoms with E-state index in [4.69, 9.17) is 0 Å². The van der Waals surface area contributed by atoms with Crippen LogP contribution in [0.15, 0.2) is 0 Å². The molecule has 0 unspecified atom stereocenters. The second-order valence-electron chi connectivity index (χ2n) is 4.63. The molecule has 0 radical (unpaired) electrons. The van der Waals surface area contributed by atoms with Crippen molar-refractivity contribution in [1.82, 2.24) is 4.72 Å². The summed E-state index contributed by atoms with van der Waals surface area (Å²) >= 11 is 0. The van der Waals surface area contributed by atoms with Gasteiger partial charge in [-0.3, -0.25) is 4.79 Å². The summed E-state index contributed by atoms with van der Waals surface area (Å²) in [6, 6.07) is 0. The molecule has 0 aromatic heterocycles. The number of esters is 1. The van der Waals surface area contributed by atoms with Crippen molar-refractivity contribution in [2.24, 2.45) is 5.41 Å². The average molecular weight is 249 g/mol. The first-order valence-corrected chi connectivity index (χ1v) is 7.06. The molecule has 1 aliphatic carbocycles. The highest BCUT2D eigenvalue weighted by atomic mass is 32.2. The van der Waals surface area contributed by atoms with Crippen LogP contribution in [0.2, 0.25) is 0 Å². The van der Waals surface area contributed by atoms with Crippen molar-refractivity contribution in [2.45, 2.75) is 32.6 Å². The SMILES string of the molecule is COC(=O)CCCS(=O)(=O)NCC1(C)CC1. The summed E-state index contributed by atoms with van der Waals surface area (Å²) in [4.78, 5) is 10.8. The zero-order chi connectivity index (χ0) is 12.2. The van der Waals surface area contributed by atoms with Crippen LogP contribution in [0, 0.1) is 5.41 Å². The molecule has 1 aliphatic rings. The van der Waals surface area contributed by atoms with Gasteiger partial charge in [0.1, 0.15) is 0 Å². The quantitative estimate of drug-likeness (QED) is 0.673. The van der Waals surface area contributed by atoms with Crippen LogP contribution in [-0.4, -0.2) is 33.8 Å². The van der Waals surface area contributed by atoms with Gasteiger partial charge in [0, 0.05) is 13.0 Å². The Kier molecular flexibility index (Phi) is 4.32. The second kappa shape index (κ2) is 5.14. The number of ether oxygens (including phenoxy) is 1. The van der Waals surface area contributed by atoms with E-state index < -0.39 is 10.0 Å². The standard InChI is InChI=1S/C10H19NO4S/c1-10(5-6-10)8-11-16(13,14)7-3-4-9(12)15-2/h11H,3-8H2,1-2H3. The predicted octanol–water partition coefficient (Wildman–Crippen LogP) is 0.659. The molecule has 1 saturated carbocycles. The maximum atomic E-state index is 11.5. The zero-order valence-electron chi connectivity index (χ0n) is 9.78. The molecule has 1 N–H and O–H groups in total. The van der Waals surface area contributed by atoms with Crippen molar-refractivity contribution in [3.05, 3.63) is 0 Å². The molecule has 0 atom stereocenters. The van der Waals surface area contributed by atoms with Crippen LogP contribution >= 0.6 is 0 Å². The Hall–Kier alpha value is -0.620. The minimum atomic E-state index is -3.24. The smallest absolute Gasteiger partial charge is 0.305 e. The summed E-state index contributed by atoms with van der Waals surface area (Å²) < 4.78 is 30.0. The summed E-state index contributed by atoms with van der Waals surface area (Å²) in [5.74, 6) is -0.387. The van der Waals surface area contributed by atoms with Gasteiger partial charge in [0.05, 0.1) is 12.9 Å². The molecule has 0 spiro atoms. The molecule has 0 aromatic rings. The fourth-order valence-electron chi connectivity index (χ4n) is 1.26. The van der Waals surface area contributed by atoms with Crippen molar-refractivity contribution < 1.29 is 17.9 Å². The molecule has 0 heterocycles. The third kappa shape index (κ3) is 4.94. The van der Waals surface area contributed by atoms with E-state index in [2.05, 4.69) is 16.4 Å². The van der Waals surface area contributed by atoms with E-state index in [-0.39, 0.29) is 23.6 Å². The first-order chi connectivity index (χ1) is 7.37. The molecule has 1 rings (SSSR count). The lowest BCUT2D eigenvalue weighted by Crippen LogP contribution is -2.31. The Labute approximate surface area is 96.6 Å². The number of hydrogen-bond donors (Lipinski definition) is 1. The molecule has 0 aromatic carbocycles. The van der Waals surface area contributed by atoms with Gasteiger partial charge in [0.15, 0.2) is 0 Å². The lowest BCUT2D eigenvalue weighted by atomic mass is 10.2. The number of nitrogens with one attached hydrogen (secondary N) is 1. The second-order valence-corrected chi connectivity index (χ2v) is 6.56. The molecule has 16 heavy (non-hydrogen) atoms. The fraction of sp³-hybridized carbons (Fsp3) is 0.900. The van der Waals surface area contributed by atoms with Gasteiger partial charge in [-0.25, -0.2) is 13.1 Å². The average Bonchev–Trinajstić information content (AvgIpc) is 2.94. The van der Waals surface area contributed by atoms with Crippen molar-refractivity contribution >= 4 is 16.0 Å². The van der Waals surface area contributed by atoms with Gasteiger partial charge >= 0.3 is 5.97 Å². The normalized spacial score (nSPS) is 18.1. The molecule has 1 fully saturated rings. The minimum Gasteiger partial charge on any atom is -0.469 e.